The molecule has 1 aliphatic heterocycles. The van der Waals surface area contributed by atoms with Gasteiger partial charge in [-0.3, -0.25) is 14.5 Å². The number of hydrogen-bond acceptors (Lipinski definition) is 7. The largest absolute Gasteiger partial charge is 0.606 e. The third-order valence-corrected chi connectivity index (χ3v) is 9.06. The molecule has 0 fully saturated rings. The van der Waals surface area contributed by atoms with Gasteiger partial charge in [-0.05, 0) is 68.1 Å². The van der Waals surface area contributed by atoms with Gasteiger partial charge in [0, 0.05) is 39.9 Å². The van der Waals surface area contributed by atoms with Crippen LogP contribution >= 0.6 is 11.3 Å². The van der Waals surface area contributed by atoms with E-state index >= 15 is 0 Å². The van der Waals surface area contributed by atoms with E-state index in [0.29, 0.717) is 45.4 Å². The molecule has 0 saturated heterocycles. The third kappa shape index (κ3) is 7.73. The molecule has 0 saturated carbocycles. The number of nitrogens with one attached hydrogen (secondary N) is 2. The number of thiazole rings is 1. The van der Waals surface area contributed by atoms with Crippen molar-refractivity contribution in [3.05, 3.63) is 88.9 Å². The Balaban J connectivity index is 1.13. The maximum atomic E-state index is 13.1. The lowest BCUT2D eigenvalue weighted by molar-refractivity contribution is -0.143. The second kappa shape index (κ2) is 13.2. The number of alkyl halides is 3. The first kappa shape index (κ1) is 30.5. The summed E-state index contributed by atoms with van der Waals surface area (Å²) in [5, 5.41) is 6.37. The van der Waals surface area contributed by atoms with Crippen molar-refractivity contribution in [2.75, 3.05) is 32.1 Å². The Morgan fingerprint density at radius 2 is 1.88 bits per heavy atom. The van der Waals surface area contributed by atoms with Crippen molar-refractivity contribution >= 4 is 40.0 Å². The van der Waals surface area contributed by atoms with Gasteiger partial charge in [-0.1, -0.05) is 12.1 Å². The molecule has 2 amide bonds. The van der Waals surface area contributed by atoms with E-state index < -0.39 is 23.9 Å². The van der Waals surface area contributed by atoms with Gasteiger partial charge >= 0.3 is 6.18 Å². The second-order valence-electron chi connectivity index (χ2n) is 9.82. The summed E-state index contributed by atoms with van der Waals surface area (Å²) >= 11 is -0.157. The molecule has 1 atom stereocenters. The van der Waals surface area contributed by atoms with E-state index in [1.807, 2.05) is 12.1 Å². The van der Waals surface area contributed by atoms with Crippen molar-refractivity contribution in [3.63, 3.8) is 0 Å². The molecule has 0 spiro atoms. The zero-order valence-corrected chi connectivity index (χ0v) is 24.6. The van der Waals surface area contributed by atoms with Crippen LogP contribution in [0, 0.1) is 0 Å². The van der Waals surface area contributed by atoms with E-state index in [4.69, 9.17) is 4.74 Å². The predicted octanol–water partition coefficient (Wildman–Crippen LogP) is 5.74. The number of anilines is 1. The van der Waals surface area contributed by atoms with Gasteiger partial charge in [0.2, 0.25) is 0 Å². The molecular weight excluding hydrogens is 601 g/mol. The van der Waals surface area contributed by atoms with Crippen LogP contribution in [0.2, 0.25) is 0 Å². The van der Waals surface area contributed by atoms with Gasteiger partial charge in [-0.25, -0.2) is 4.98 Å². The molecular formula is C30H27F3N4O4S2. The molecule has 0 aliphatic carbocycles. The summed E-state index contributed by atoms with van der Waals surface area (Å²) in [6, 6.07) is 18.6. The number of benzene rings is 3. The maximum absolute atomic E-state index is 13.1. The number of carbonyl (C=O) groups is 2. The van der Waals surface area contributed by atoms with E-state index in [1.165, 1.54) is 29.4 Å². The first-order chi connectivity index (χ1) is 20.6. The van der Waals surface area contributed by atoms with Gasteiger partial charge in [-0.2, -0.15) is 13.2 Å². The fourth-order valence-electron chi connectivity index (χ4n) is 4.45. The van der Waals surface area contributed by atoms with Crippen LogP contribution in [-0.2, 0) is 17.7 Å². The van der Waals surface area contributed by atoms with Crippen LogP contribution in [0.4, 0.5) is 18.9 Å². The Morgan fingerprint density at radius 3 is 2.65 bits per heavy atom. The van der Waals surface area contributed by atoms with Crippen LogP contribution in [0.15, 0.2) is 82.7 Å². The fourth-order valence-corrected chi connectivity index (χ4v) is 6.61. The summed E-state index contributed by atoms with van der Waals surface area (Å²) in [4.78, 5) is 32.9. The van der Waals surface area contributed by atoms with Crippen LogP contribution in [0.3, 0.4) is 0 Å². The highest BCUT2D eigenvalue weighted by atomic mass is 32.2. The van der Waals surface area contributed by atoms with Crippen molar-refractivity contribution in [2.45, 2.75) is 28.9 Å². The van der Waals surface area contributed by atoms with E-state index in [-0.39, 0.29) is 24.9 Å². The lowest BCUT2D eigenvalue weighted by Crippen LogP contribution is -2.32. The second-order valence-corrected chi connectivity index (χ2v) is 12.4. The van der Waals surface area contributed by atoms with Crippen molar-refractivity contribution in [3.8, 4) is 16.3 Å². The van der Waals surface area contributed by atoms with Gasteiger partial charge in [0.25, 0.3) is 11.8 Å². The number of carbonyl (C=O) groups excluding carboxylic acids is 2. The van der Waals surface area contributed by atoms with E-state index in [0.717, 1.165) is 15.4 Å². The Morgan fingerprint density at radius 1 is 1.12 bits per heavy atom. The quantitative estimate of drug-likeness (QED) is 0.172. The molecule has 1 unspecified atom stereocenters. The molecule has 43 heavy (non-hydrogen) atoms. The minimum absolute atomic E-state index is 0.237. The Kier molecular flexibility index (Phi) is 9.35. The van der Waals surface area contributed by atoms with Crippen molar-refractivity contribution in [2.24, 2.45) is 0 Å². The molecule has 0 radical (unpaired) electrons. The minimum atomic E-state index is -4.22. The highest BCUT2D eigenvalue weighted by Gasteiger charge is 2.31. The van der Waals surface area contributed by atoms with Crippen molar-refractivity contribution in [1.29, 1.82) is 0 Å². The average molecular weight is 629 g/mol. The van der Waals surface area contributed by atoms with E-state index in [9.17, 15) is 27.3 Å². The van der Waals surface area contributed by atoms with Gasteiger partial charge < -0.3 is 19.9 Å². The number of amides is 2. The summed E-state index contributed by atoms with van der Waals surface area (Å²) in [6.07, 6.45) is -2.07. The summed E-state index contributed by atoms with van der Waals surface area (Å²) in [7, 11) is 1.43. The zero-order valence-electron chi connectivity index (χ0n) is 22.9. The average Bonchev–Trinajstić information content (AvgIpc) is 3.42. The van der Waals surface area contributed by atoms with Gasteiger partial charge in [-0.15, -0.1) is 11.3 Å². The number of nitrogens with zero attached hydrogens (tertiary/aromatic N) is 2. The summed E-state index contributed by atoms with van der Waals surface area (Å²) in [5.74, 6) is -0.133. The van der Waals surface area contributed by atoms with Crippen LogP contribution in [-0.4, -0.2) is 59.2 Å². The standard InChI is InChI=1S/C30H27F3N4O4S2/c1-37(18-30(31,32)33)13-4-14-41-21-10-7-19(8-11-21)29-35-17-22(42-29)16-34-27(38)20-9-12-26-24(15-20)36-28(39)23-5-2-3-6-25(23)43(26)40/h2-3,5-12,15,17H,4,13-14,16,18H2,1H3,(H,34,38)(H,36,39). The topological polar surface area (TPSA) is 107 Å². The Bertz CT molecular complexity index is 1610. The number of aromatic nitrogens is 1. The number of rotatable bonds is 10. The minimum Gasteiger partial charge on any atom is -0.606 e. The lowest BCUT2D eigenvalue weighted by Gasteiger charge is -2.18. The lowest BCUT2D eigenvalue weighted by atomic mass is 10.1. The number of hydrogen-bond donors (Lipinski definition) is 2. The molecule has 0 bridgehead atoms. The Labute approximate surface area is 253 Å². The van der Waals surface area contributed by atoms with Gasteiger partial charge in [0.15, 0.2) is 9.79 Å². The molecule has 4 aromatic rings. The number of fused-ring (bicyclic) bond motifs is 2. The van der Waals surface area contributed by atoms with Gasteiger partial charge in [0.1, 0.15) is 10.8 Å². The molecule has 13 heteroatoms. The molecule has 1 aliphatic rings. The third-order valence-electron chi connectivity index (χ3n) is 6.50. The van der Waals surface area contributed by atoms with E-state index in [2.05, 4.69) is 15.6 Å². The van der Waals surface area contributed by atoms with Gasteiger partial charge in [0.05, 0.1) is 30.9 Å². The Hall–Kier alpha value is -3.91. The number of halogens is 3. The van der Waals surface area contributed by atoms with Crippen LogP contribution in [0.5, 0.6) is 5.75 Å². The molecule has 2 heterocycles. The van der Waals surface area contributed by atoms with Crippen molar-refractivity contribution < 1.29 is 32.0 Å². The smallest absolute Gasteiger partial charge is 0.401 e. The van der Waals surface area contributed by atoms with Crippen LogP contribution in [0.1, 0.15) is 32.0 Å². The molecule has 2 N–H and O–H groups in total. The zero-order chi connectivity index (χ0) is 30.6. The fraction of sp³-hybridized carbons (Fsp3) is 0.233. The molecule has 8 nitrogen and oxygen atoms in total. The number of ether oxygens (including phenoxy) is 1. The summed E-state index contributed by atoms with van der Waals surface area (Å²) in [6.45, 7) is -0.144. The molecule has 1 aromatic heterocycles. The summed E-state index contributed by atoms with van der Waals surface area (Å²) < 4.78 is 56.0. The van der Waals surface area contributed by atoms with Crippen LogP contribution in [0.25, 0.3) is 10.6 Å². The van der Waals surface area contributed by atoms with Crippen molar-refractivity contribution in [1.82, 2.24) is 15.2 Å². The predicted molar refractivity (Wildman–Crippen MR) is 158 cm³/mol. The first-order valence-electron chi connectivity index (χ1n) is 13.2. The SMILES string of the molecule is CN(CCCOc1ccc(-c2ncc(CNC(=O)c3ccc4c(c3)NC(=O)c3ccccc3[S+]4[O-])s2)cc1)CC(F)(F)F. The highest BCUT2D eigenvalue weighted by molar-refractivity contribution is 7.91. The van der Waals surface area contributed by atoms with E-state index in [1.54, 1.807) is 54.7 Å². The maximum Gasteiger partial charge on any atom is 0.401 e. The summed E-state index contributed by atoms with van der Waals surface area (Å²) in [5.41, 5.74) is 1.83. The molecule has 3 aromatic carbocycles. The monoisotopic (exact) mass is 628 g/mol. The highest BCUT2D eigenvalue weighted by Crippen LogP contribution is 2.34. The first-order valence-corrected chi connectivity index (χ1v) is 15.2. The molecule has 224 valence electrons. The normalized spacial score (nSPS) is 14.5. The molecule has 5 rings (SSSR count). The van der Waals surface area contributed by atoms with Crippen LogP contribution < -0.4 is 15.4 Å².